The number of sulfonamides is 1. The predicted molar refractivity (Wildman–Crippen MR) is 90.4 cm³/mol. The molecular formula is C16H24N2O5S. The van der Waals surface area contributed by atoms with Crippen molar-refractivity contribution in [3.05, 3.63) is 18.2 Å². The molecule has 24 heavy (non-hydrogen) atoms. The Balaban J connectivity index is 2.23. The van der Waals surface area contributed by atoms with Gasteiger partial charge < -0.3 is 15.2 Å². The van der Waals surface area contributed by atoms with Gasteiger partial charge in [0.05, 0.1) is 10.6 Å². The van der Waals surface area contributed by atoms with Gasteiger partial charge in [-0.3, -0.25) is 4.79 Å². The lowest BCUT2D eigenvalue weighted by molar-refractivity contribution is -0.122. The number of benzene rings is 1. The molecule has 8 heteroatoms. The zero-order chi connectivity index (χ0) is 17.7. The number of carbonyl (C=O) groups excluding carboxylic acids is 1. The Morgan fingerprint density at radius 2 is 1.92 bits per heavy atom. The fourth-order valence-electron chi connectivity index (χ4n) is 2.68. The zero-order valence-electron chi connectivity index (χ0n) is 14.0. The van der Waals surface area contributed by atoms with Crippen LogP contribution in [-0.2, 0) is 19.6 Å². The van der Waals surface area contributed by atoms with E-state index >= 15 is 0 Å². The number of hydrogen-bond donors (Lipinski definition) is 2. The molecule has 134 valence electrons. The molecule has 2 rings (SSSR count). The normalized spacial score (nSPS) is 16.3. The number of aromatic hydroxyl groups is 1. The maximum Gasteiger partial charge on any atom is 0.243 e. The highest BCUT2D eigenvalue weighted by Crippen LogP contribution is 2.29. The first-order chi connectivity index (χ1) is 11.4. The molecule has 0 aliphatic carbocycles. The van der Waals surface area contributed by atoms with E-state index in [1.54, 1.807) is 13.8 Å². The monoisotopic (exact) mass is 356 g/mol. The minimum atomic E-state index is -3.65. The highest BCUT2D eigenvalue weighted by atomic mass is 32.2. The van der Waals surface area contributed by atoms with Crippen molar-refractivity contribution in [2.45, 2.75) is 31.6 Å². The summed E-state index contributed by atoms with van der Waals surface area (Å²) >= 11 is 0. The van der Waals surface area contributed by atoms with E-state index in [0.29, 0.717) is 39.1 Å². The number of hydrogen-bond acceptors (Lipinski definition) is 5. The topological polar surface area (TPSA) is 95.9 Å². The minimum Gasteiger partial charge on any atom is -0.506 e. The number of rotatable bonds is 6. The van der Waals surface area contributed by atoms with E-state index in [2.05, 4.69) is 5.32 Å². The molecule has 0 radical (unpaired) electrons. The molecule has 1 aromatic carbocycles. The number of carbonyl (C=O) groups is 1. The van der Waals surface area contributed by atoms with Crippen molar-refractivity contribution in [1.82, 2.24) is 4.31 Å². The van der Waals surface area contributed by atoms with Gasteiger partial charge in [0.15, 0.2) is 0 Å². The first-order valence-corrected chi connectivity index (χ1v) is 9.56. The van der Waals surface area contributed by atoms with Crippen molar-refractivity contribution in [1.29, 1.82) is 0 Å². The van der Waals surface area contributed by atoms with Gasteiger partial charge in [0.1, 0.15) is 5.75 Å². The van der Waals surface area contributed by atoms with Crippen molar-refractivity contribution in [2.75, 3.05) is 31.6 Å². The van der Waals surface area contributed by atoms with E-state index in [9.17, 15) is 18.3 Å². The van der Waals surface area contributed by atoms with Gasteiger partial charge >= 0.3 is 0 Å². The van der Waals surface area contributed by atoms with Gasteiger partial charge in [0.2, 0.25) is 15.9 Å². The molecule has 0 unspecified atom stereocenters. The van der Waals surface area contributed by atoms with Gasteiger partial charge in [0.25, 0.3) is 0 Å². The highest BCUT2D eigenvalue weighted by Gasteiger charge is 2.25. The number of anilines is 1. The van der Waals surface area contributed by atoms with Crippen LogP contribution < -0.4 is 5.32 Å². The second-order valence-corrected chi connectivity index (χ2v) is 7.58. The molecule has 0 saturated carbocycles. The molecule has 1 aromatic rings. The summed E-state index contributed by atoms with van der Waals surface area (Å²) in [5.74, 6) is -0.582. The molecular weight excluding hydrogens is 332 g/mol. The lowest BCUT2D eigenvalue weighted by atomic mass is 9.99. The number of ether oxygens (including phenoxy) is 1. The quantitative estimate of drug-likeness (QED) is 0.758. The molecule has 2 N–H and O–H groups in total. The summed E-state index contributed by atoms with van der Waals surface area (Å²) in [7, 11) is -3.65. The smallest absolute Gasteiger partial charge is 0.243 e. The van der Waals surface area contributed by atoms with Gasteiger partial charge in [0, 0.05) is 32.2 Å². The van der Waals surface area contributed by atoms with Crippen LogP contribution in [0.3, 0.4) is 0 Å². The van der Waals surface area contributed by atoms with Gasteiger partial charge in [-0.2, -0.15) is 4.31 Å². The molecule has 1 fully saturated rings. The molecule has 1 aliphatic heterocycles. The van der Waals surface area contributed by atoms with Crippen LogP contribution >= 0.6 is 0 Å². The second-order valence-electron chi connectivity index (χ2n) is 5.64. The van der Waals surface area contributed by atoms with Gasteiger partial charge in [-0.1, -0.05) is 13.8 Å². The molecule has 0 spiro atoms. The van der Waals surface area contributed by atoms with Crippen LogP contribution in [0.5, 0.6) is 5.75 Å². The van der Waals surface area contributed by atoms with E-state index < -0.39 is 10.0 Å². The summed E-state index contributed by atoms with van der Waals surface area (Å²) < 4.78 is 31.7. The van der Waals surface area contributed by atoms with Crippen molar-refractivity contribution in [3.63, 3.8) is 0 Å². The fraction of sp³-hybridized carbons (Fsp3) is 0.562. The molecule has 1 heterocycles. The summed E-state index contributed by atoms with van der Waals surface area (Å²) in [6, 6.07) is 3.93. The average molecular weight is 356 g/mol. The summed E-state index contributed by atoms with van der Waals surface area (Å²) in [5.41, 5.74) is 0.111. The van der Waals surface area contributed by atoms with Crippen LogP contribution in [0.15, 0.2) is 23.1 Å². The Hall–Kier alpha value is -1.64. The Morgan fingerprint density at radius 3 is 2.50 bits per heavy atom. The van der Waals surface area contributed by atoms with Crippen LogP contribution in [0, 0.1) is 5.92 Å². The van der Waals surface area contributed by atoms with Crippen LogP contribution in [0.25, 0.3) is 0 Å². The van der Waals surface area contributed by atoms with E-state index in [4.69, 9.17) is 4.74 Å². The zero-order valence-corrected chi connectivity index (χ0v) is 14.8. The number of phenolic OH excluding ortho intramolecular Hbond substituents is 1. The largest absolute Gasteiger partial charge is 0.506 e. The second kappa shape index (κ2) is 7.96. The van der Waals surface area contributed by atoms with E-state index in [1.807, 2.05) is 0 Å². The van der Waals surface area contributed by atoms with Gasteiger partial charge in [-0.05, 0) is 31.0 Å². The number of nitrogens with zero attached hydrogens (tertiary/aromatic N) is 1. The third-order valence-corrected chi connectivity index (χ3v) is 6.21. The summed E-state index contributed by atoms with van der Waals surface area (Å²) in [5, 5.41) is 12.6. The molecule has 1 aliphatic rings. The lowest BCUT2D eigenvalue weighted by Gasteiger charge is -2.22. The van der Waals surface area contributed by atoms with E-state index in [1.165, 1.54) is 22.5 Å². The van der Waals surface area contributed by atoms with Gasteiger partial charge in [-0.15, -0.1) is 0 Å². The standard InChI is InChI=1S/C16H24N2O5S/c1-3-18(4-2)24(21,22)13-5-6-15(19)14(11-13)17-16(20)12-7-9-23-10-8-12/h5-6,11-12,19H,3-4,7-10H2,1-2H3,(H,17,20). The number of nitrogens with one attached hydrogen (secondary N) is 1. The summed E-state index contributed by atoms with van der Waals surface area (Å²) in [6.07, 6.45) is 1.23. The van der Waals surface area contributed by atoms with Crippen molar-refractivity contribution >= 4 is 21.6 Å². The maximum atomic E-state index is 12.6. The van der Waals surface area contributed by atoms with Crippen LogP contribution in [-0.4, -0.2) is 50.0 Å². The Morgan fingerprint density at radius 1 is 1.29 bits per heavy atom. The molecule has 0 bridgehead atoms. The molecule has 1 amide bonds. The maximum absolute atomic E-state index is 12.6. The van der Waals surface area contributed by atoms with Crippen molar-refractivity contribution in [2.24, 2.45) is 5.92 Å². The average Bonchev–Trinajstić information content (AvgIpc) is 2.58. The Kier molecular flexibility index (Phi) is 6.20. The van der Waals surface area contributed by atoms with Gasteiger partial charge in [-0.25, -0.2) is 8.42 Å². The van der Waals surface area contributed by atoms with Crippen LogP contribution in [0.1, 0.15) is 26.7 Å². The van der Waals surface area contributed by atoms with E-state index in [0.717, 1.165) is 0 Å². The van der Waals surface area contributed by atoms with Crippen molar-refractivity contribution < 1.29 is 23.1 Å². The summed E-state index contributed by atoms with van der Waals surface area (Å²) in [4.78, 5) is 12.3. The molecule has 1 saturated heterocycles. The Bertz CT molecular complexity index is 680. The highest BCUT2D eigenvalue weighted by molar-refractivity contribution is 7.89. The first kappa shape index (κ1) is 18.7. The van der Waals surface area contributed by atoms with Crippen LogP contribution in [0.4, 0.5) is 5.69 Å². The fourth-order valence-corrected chi connectivity index (χ4v) is 4.17. The third-order valence-electron chi connectivity index (χ3n) is 4.16. The minimum absolute atomic E-state index is 0.0475. The Labute approximate surface area is 142 Å². The predicted octanol–water partition coefficient (Wildman–Crippen LogP) is 1.79. The van der Waals surface area contributed by atoms with Crippen LogP contribution in [0.2, 0.25) is 0 Å². The summed E-state index contributed by atoms with van der Waals surface area (Å²) in [6.45, 7) is 5.28. The molecule has 0 aromatic heterocycles. The molecule has 0 atom stereocenters. The molecule has 7 nitrogen and oxygen atoms in total. The third kappa shape index (κ3) is 4.06. The first-order valence-electron chi connectivity index (χ1n) is 8.11. The van der Waals surface area contributed by atoms with E-state index in [-0.39, 0.29) is 28.2 Å². The number of amides is 1. The lowest BCUT2D eigenvalue weighted by Crippen LogP contribution is -2.31. The number of phenols is 1. The SMILES string of the molecule is CCN(CC)S(=O)(=O)c1ccc(O)c(NC(=O)C2CCOCC2)c1. The van der Waals surface area contributed by atoms with Crippen molar-refractivity contribution in [3.8, 4) is 5.75 Å².